The largest absolute Gasteiger partial charge is 0.376 e. The minimum Gasteiger partial charge on any atom is -0.376 e. The molecule has 1 amide bonds. The van der Waals surface area contributed by atoms with E-state index in [0.717, 1.165) is 25.0 Å². The summed E-state index contributed by atoms with van der Waals surface area (Å²) in [7, 11) is 0. The summed E-state index contributed by atoms with van der Waals surface area (Å²) >= 11 is 1.25. The van der Waals surface area contributed by atoms with Crippen LogP contribution in [-0.4, -0.2) is 39.1 Å². The Labute approximate surface area is 150 Å². The van der Waals surface area contributed by atoms with Gasteiger partial charge in [-0.2, -0.15) is 0 Å². The molecule has 134 valence electrons. The van der Waals surface area contributed by atoms with E-state index in [9.17, 15) is 9.59 Å². The Bertz CT molecular complexity index is 753. The summed E-state index contributed by atoms with van der Waals surface area (Å²) in [6, 6.07) is 9.72. The lowest BCUT2D eigenvalue weighted by Gasteiger charge is -2.14. The molecule has 1 aromatic heterocycles. The van der Waals surface area contributed by atoms with Crippen LogP contribution in [0.5, 0.6) is 0 Å². The summed E-state index contributed by atoms with van der Waals surface area (Å²) in [6.45, 7) is 3.15. The molecular weight excluding hydrogens is 340 g/mol. The average molecular weight is 362 g/mol. The molecule has 0 radical (unpaired) electrons. The van der Waals surface area contributed by atoms with Crippen molar-refractivity contribution in [2.75, 3.05) is 12.4 Å². The van der Waals surface area contributed by atoms with Gasteiger partial charge in [-0.1, -0.05) is 42.1 Å². The second-order valence-electron chi connectivity index (χ2n) is 6.05. The molecule has 1 aromatic carbocycles. The van der Waals surface area contributed by atoms with Crippen molar-refractivity contribution in [2.45, 2.75) is 43.6 Å². The number of amides is 1. The zero-order valence-corrected chi connectivity index (χ0v) is 14.9. The molecule has 2 heterocycles. The number of carbonyl (C=O) groups is 1. The van der Waals surface area contributed by atoms with Gasteiger partial charge in [-0.25, -0.2) is 9.89 Å². The minimum absolute atomic E-state index is 0.0431. The number of H-pyrrole nitrogens is 1. The predicted molar refractivity (Wildman–Crippen MR) is 95.5 cm³/mol. The highest BCUT2D eigenvalue weighted by Gasteiger charge is 2.20. The minimum atomic E-state index is -0.268. The lowest BCUT2D eigenvalue weighted by atomic mass is 10.1. The fraction of sp³-hybridized carbons (Fsp3) is 0.471. The van der Waals surface area contributed by atoms with Gasteiger partial charge in [-0.3, -0.25) is 9.36 Å². The number of hydrogen-bond acceptors (Lipinski definition) is 5. The smallest absolute Gasteiger partial charge is 0.344 e. The summed E-state index contributed by atoms with van der Waals surface area (Å²) < 4.78 is 7.12. The lowest BCUT2D eigenvalue weighted by Crippen LogP contribution is -2.29. The maximum absolute atomic E-state index is 12.2. The van der Waals surface area contributed by atoms with Crippen molar-refractivity contribution in [1.29, 1.82) is 0 Å². The normalized spacial score (nSPS) is 18.2. The first-order valence-electron chi connectivity index (χ1n) is 8.37. The Hall–Kier alpha value is -2.06. The molecule has 3 rings (SSSR count). The topological polar surface area (TPSA) is 89.0 Å². The number of thioether (sulfide) groups is 1. The molecule has 0 spiro atoms. The van der Waals surface area contributed by atoms with Crippen LogP contribution < -0.4 is 11.0 Å². The maximum atomic E-state index is 12.2. The summed E-state index contributed by atoms with van der Waals surface area (Å²) in [6.07, 6.45) is 2.00. The van der Waals surface area contributed by atoms with Gasteiger partial charge in [0.2, 0.25) is 5.91 Å². The van der Waals surface area contributed by atoms with E-state index in [4.69, 9.17) is 4.74 Å². The molecule has 1 saturated heterocycles. The van der Waals surface area contributed by atoms with Gasteiger partial charge in [0, 0.05) is 6.61 Å². The second kappa shape index (κ2) is 8.35. The van der Waals surface area contributed by atoms with Crippen LogP contribution in [0.4, 0.5) is 0 Å². The SMILES string of the molecule is C[C@@H](NC(=O)CSc1n[nH]c(=O)n1C[C@@H]1CCCO1)c1ccccc1. The van der Waals surface area contributed by atoms with Crippen molar-refractivity contribution in [3.8, 4) is 0 Å². The van der Waals surface area contributed by atoms with Crippen molar-refractivity contribution in [1.82, 2.24) is 20.1 Å². The number of aromatic nitrogens is 3. The van der Waals surface area contributed by atoms with Crippen molar-refractivity contribution in [3.05, 3.63) is 46.4 Å². The Kier molecular flexibility index (Phi) is 5.93. The third-order valence-corrected chi connectivity index (χ3v) is 5.12. The van der Waals surface area contributed by atoms with Crippen LogP contribution in [0.25, 0.3) is 0 Å². The van der Waals surface area contributed by atoms with Gasteiger partial charge in [0.25, 0.3) is 0 Å². The van der Waals surface area contributed by atoms with Crippen molar-refractivity contribution < 1.29 is 9.53 Å². The van der Waals surface area contributed by atoms with E-state index in [2.05, 4.69) is 15.5 Å². The molecule has 1 fully saturated rings. The molecule has 2 atom stereocenters. The first-order chi connectivity index (χ1) is 12.1. The zero-order valence-electron chi connectivity index (χ0n) is 14.1. The van der Waals surface area contributed by atoms with Gasteiger partial charge >= 0.3 is 5.69 Å². The van der Waals surface area contributed by atoms with E-state index >= 15 is 0 Å². The average Bonchev–Trinajstić information content (AvgIpc) is 3.25. The molecule has 1 aliphatic rings. The predicted octanol–water partition coefficient (Wildman–Crippen LogP) is 1.72. The summed E-state index contributed by atoms with van der Waals surface area (Å²) in [4.78, 5) is 24.1. The molecule has 0 aliphatic carbocycles. The number of nitrogens with zero attached hydrogens (tertiary/aromatic N) is 2. The Morgan fingerprint density at radius 2 is 2.28 bits per heavy atom. The lowest BCUT2D eigenvalue weighted by molar-refractivity contribution is -0.119. The van der Waals surface area contributed by atoms with Crippen LogP contribution in [-0.2, 0) is 16.1 Å². The Morgan fingerprint density at radius 1 is 1.48 bits per heavy atom. The number of carbonyl (C=O) groups excluding carboxylic acids is 1. The number of aromatic amines is 1. The zero-order chi connectivity index (χ0) is 17.6. The highest BCUT2D eigenvalue weighted by atomic mass is 32.2. The van der Waals surface area contributed by atoms with E-state index in [1.165, 1.54) is 11.8 Å². The summed E-state index contributed by atoms with van der Waals surface area (Å²) in [5.74, 6) is 0.105. The molecule has 25 heavy (non-hydrogen) atoms. The van der Waals surface area contributed by atoms with Gasteiger partial charge in [-0.15, -0.1) is 5.10 Å². The van der Waals surface area contributed by atoms with E-state index in [0.29, 0.717) is 11.7 Å². The fourth-order valence-corrected chi connectivity index (χ4v) is 3.57. The first-order valence-corrected chi connectivity index (χ1v) is 9.36. The van der Waals surface area contributed by atoms with Gasteiger partial charge < -0.3 is 10.1 Å². The number of benzene rings is 1. The fourth-order valence-electron chi connectivity index (χ4n) is 2.80. The van der Waals surface area contributed by atoms with Crippen molar-refractivity contribution in [3.63, 3.8) is 0 Å². The standard InChI is InChI=1S/C17H22N4O3S/c1-12(13-6-3-2-4-7-13)18-15(22)11-25-17-20-19-16(23)21(17)10-14-8-5-9-24-14/h2-4,6-7,12,14H,5,8-11H2,1H3,(H,18,22)(H,19,23)/t12-,14+/m1/s1. The van der Waals surface area contributed by atoms with Crippen LogP contribution in [0.3, 0.4) is 0 Å². The molecule has 1 aliphatic heterocycles. The first kappa shape index (κ1) is 17.8. The maximum Gasteiger partial charge on any atom is 0.344 e. The quantitative estimate of drug-likeness (QED) is 0.732. The number of hydrogen-bond donors (Lipinski definition) is 2. The molecule has 7 nitrogen and oxygen atoms in total. The van der Waals surface area contributed by atoms with E-state index in [-0.39, 0.29) is 29.5 Å². The molecule has 8 heteroatoms. The third-order valence-electron chi connectivity index (χ3n) is 4.14. The molecule has 0 unspecified atom stereocenters. The van der Waals surface area contributed by atoms with Crippen LogP contribution in [0.15, 0.2) is 40.3 Å². The number of nitrogens with one attached hydrogen (secondary N) is 2. The van der Waals surface area contributed by atoms with Crippen LogP contribution >= 0.6 is 11.8 Å². The van der Waals surface area contributed by atoms with Crippen molar-refractivity contribution in [2.24, 2.45) is 0 Å². The Balaban J connectivity index is 1.54. The van der Waals surface area contributed by atoms with Crippen molar-refractivity contribution >= 4 is 17.7 Å². The molecular formula is C17H22N4O3S. The highest BCUT2D eigenvalue weighted by Crippen LogP contribution is 2.18. The third kappa shape index (κ3) is 4.73. The van der Waals surface area contributed by atoms with E-state index in [1.807, 2.05) is 37.3 Å². The van der Waals surface area contributed by atoms with Crippen LogP contribution in [0.1, 0.15) is 31.4 Å². The monoisotopic (exact) mass is 362 g/mol. The molecule has 2 aromatic rings. The second-order valence-corrected chi connectivity index (χ2v) is 6.99. The van der Waals surface area contributed by atoms with Gasteiger partial charge in [0.1, 0.15) is 0 Å². The van der Waals surface area contributed by atoms with Crippen LogP contribution in [0, 0.1) is 0 Å². The van der Waals surface area contributed by atoms with Gasteiger partial charge in [0.15, 0.2) is 5.16 Å². The molecule has 0 saturated carbocycles. The highest BCUT2D eigenvalue weighted by molar-refractivity contribution is 7.99. The number of rotatable bonds is 7. The van der Waals surface area contributed by atoms with Crippen LogP contribution in [0.2, 0.25) is 0 Å². The summed E-state index contributed by atoms with van der Waals surface area (Å²) in [5.41, 5.74) is 0.784. The van der Waals surface area contributed by atoms with E-state index < -0.39 is 0 Å². The summed E-state index contributed by atoms with van der Waals surface area (Å²) in [5, 5.41) is 9.94. The van der Waals surface area contributed by atoms with Gasteiger partial charge in [0.05, 0.1) is 24.4 Å². The number of ether oxygens (including phenoxy) is 1. The Morgan fingerprint density at radius 3 is 3.00 bits per heavy atom. The van der Waals surface area contributed by atoms with Gasteiger partial charge in [-0.05, 0) is 25.3 Å². The molecule has 0 bridgehead atoms. The van der Waals surface area contributed by atoms with E-state index in [1.54, 1.807) is 4.57 Å². The molecule has 2 N–H and O–H groups in total.